The number of alkyl halides is 3. The average Bonchev–Trinajstić information content (AvgIpc) is 2.91. The highest BCUT2D eigenvalue weighted by Gasteiger charge is 2.40. The molecule has 11 heteroatoms. The lowest BCUT2D eigenvalue weighted by Crippen LogP contribution is -2.41. The zero-order valence-corrected chi connectivity index (χ0v) is 16.6. The van der Waals surface area contributed by atoms with Gasteiger partial charge in [-0.15, -0.1) is 0 Å². The Bertz CT molecular complexity index is 1080. The highest BCUT2D eigenvalue weighted by atomic mass is 79.9. The van der Waals surface area contributed by atoms with Crippen LogP contribution in [0.5, 0.6) is 5.75 Å². The van der Waals surface area contributed by atoms with E-state index in [2.05, 4.69) is 15.9 Å². The lowest BCUT2D eigenvalue weighted by Gasteiger charge is -2.22. The lowest BCUT2D eigenvalue weighted by atomic mass is 9.98. The average molecular weight is 467 g/mol. The van der Waals surface area contributed by atoms with Crippen molar-refractivity contribution >= 4 is 15.9 Å². The van der Waals surface area contributed by atoms with E-state index in [1.54, 1.807) is 6.92 Å². The third-order valence-electron chi connectivity index (χ3n) is 4.44. The molecule has 0 radical (unpaired) electrons. The molecule has 1 unspecified atom stereocenters. The van der Waals surface area contributed by atoms with Crippen molar-refractivity contribution in [1.29, 1.82) is 0 Å². The fourth-order valence-corrected chi connectivity index (χ4v) is 3.82. The summed E-state index contributed by atoms with van der Waals surface area (Å²) >= 11 is 3.17. The summed E-state index contributed by atoms with van der Waals surface area (Å²) in [5.74, 6) is -0.750. The van der Waals surface area contributed by atoms with Crippen LogP contribution in [0.25, 0.3) is 5.69 Å². The summed E-state index contributed by atoms with van der Waals surface area (Å²) in [7, 11) is 2.31. The van der Waals surface area contributed by atoms with Crippen molar-refractivity contribution in [3.8, 4) is 11.4 Å². The number of halogens is 5. The van der Waals surface area contributed by atoms with Crippen LogP contribution >= 0.6 is 15.9 Å². The second-order valence-electron chi connectivity index (χ2n) is 6.70. The van der Waals surface area contributed by atoms with Gasteiger partial charge in [0.15, 0.2) is 0 Å². The highest BCUT2D eigenvalue weighted by molar-refractivity contribution is 9.10. The van der Waals surface area contributed by atoms with Crippen molar-refractivity contribution in [2.24, 2.45) is 7.05 Å². The first-order valence-corrected chi connectivity index (χ1v) is 8.78. The first-order valence-electron chi connectivity index (χ1n) is 7.99. The van der Waals surface area contributed by atoms with E-state index in [0.717, 1.165) is 13.1 Å². The van der Waals surface area contributed by atoms with Crippen LogP contribution in [0.2, 0.25) is 0 Å². The van der Waals surface area contributed by atoms with E-state index in [9.17, 15) is 27.2 Å². The minimum Gasteiger partial charge on any atom is -0.483 e. The van der Waals surface area contributed by atoms with E-state index in [1.807, 2.05) is 0 Å². The molecule has 3 rings (SSSR count). The van der Waals surface area contributed by atoms with Crippen molar-refractivity contribution in [3.63, 3.8) is 0 Å². The van der Waals surface area contributed by atoms with E-state index < -0.39 is 40.2 Å². The van der Waals surface area contributed by atoms with Crippen LogP contribution < -0.4 is 16.0 Å². The number of fused-ring (bicyclic) bond motifs is 1. The van der Waals surface area contributed by atoms with Crippen molar-refractivity contribution in [2.75, 3.05) is 13.7 Å². The monoisotopic (exact) mass is 466 g/mol. The Morgan fingerprint density at radius 2 is 1.96 bits per heavy atom. The molecule has 2 aromatic rings. The Balaban J connectivity index is 2.32. The van der Waals surface area contributed by atoms with E-state index in [1.165, 1.54) is 7.11 Å². The molecular weight excluding hydrogens is 452 g/mol. The smallest absolute Gasteiger partial charge is 0.431 e. The number of methoxy groups -OCH3 is 1. The maximum atomic E-state index is 14.8. The van der Waals surface area contributed by atoms with Crippen LogP contribution in [-0.2, 0) is 24.4 Å². The first kappa shape index (κ1) is 20.6. The fourth-order valence-electron chi connectivity index (χ4n) is 3.30. The van der Waals surface area contributed by atoms with E-state index in [4.69, 9.17) is 9.47 Å². The van der Waals surface area contributed by atoms with Crippen molar-refractivity contribution in [3.05, 3.63) is 54.5 Å². The fraction of sp³-hybridized carbons (Fsp3) is 0.412. The Morgan fingerprint density at radius 1 is 1.32 bits per heavy atom. The molecule has 0 saturated carbocycles. The highest BCUT2D eigenvalue weighted by Crippen LogP contribution is 2.44. The molecule has 0 spiro atoms. The Hall–Kier alpha value is -2.14. The van der Waals surface area contributed by atoms with Crippen LogP contribution in [0.15, 0.2) is 26.2 Å². The molecule has 1 atom stereocenters. The second kappa shape index (κ2) is 6.73. The van der Waals surface area contributed by atoms with Gasteiger partial charge in [0.2, 0.25) is 0 Å². The summed E-state index contributed by atoms with van der Waals surface area (Å²) in [6.07, 6.45) is -4.83. The molecule has 1 aromatic heterocycles. The quantitative estimate of drug-likeness (QED) is 0.652. The van der Waals surface area contributed by atoms with Gasteiger partial charge >= 0.3 is 11.9 Å². The Morgan fingerprint density at radius 3 is 2.54 bits per heavy atom. The van der Waals surface area contributed by atoms with Gasteiger partial charge in [-0.2, -0.15) is 13.2 Å². The number of aromatic nitrogens is 2. The predicted molar refractivity (Wildman–Crippen MR) is 94.6 cm³/mol. The molecule has 28 heavy (non-hydrogen) atoms. The maximum Gasteiger partial charge on any atom is 0.431 e. The molecule has 0 fully saturated rings. The molecule has 0 saturated heterocycles. The minimum absolute atomic E-state index is 0.0818. The van der Waals surface area contributed by atoms with E-state index in [0.29, 0.717) is 4.57 Å². The lowest BCUT2D eigenvalue weighted by molar-refractivity contribution is -0.144. The number of rotatable bonds is 3. The molecule has 1 aromatic carbocycles. The van der Waals surface area contributed by atoms with Gasteiger partial charge in [0.05, 0.1) is 16.8 Å². The molecule has 2 heterocycles. The Kier molecular flexibility index (Phi) is 4.95. The van der Waals surface area contributed by atoms with E-state index >= 15 is 0 Å². The van der Waals surface area contributed by atoms with Gasteiger partial charge in [-0.1, -0.05) is 0 Å². The van der Waals surface area contributed by atoms with Gasteiger partial charge in [0.1, 0.15) is 22.9 Å². The van der Waals surface area contributed by atoms with Gasteiger partial charge in [-0.3, -0.25) is 9.36 Å². The number of nitrogens with zero attached hydrogens (tertiary/aromatic N) is 2. The van der Waals surface area contributed by atoms with Gasteiger partial charge in [-0.05, 0) is 28.9 Å². The second-order valence-corrected chi connectivity index (χ2v) is 7.56. The Labute approximate surface area is 164 Å². The standard InChI is InChI=1S/C17H15BrF4N2O4/c1-16(7-27-3)6-8-13(10(19)4-9(18)14(8)28-16)24-12(25)5-11(17(20,21)22)23(2)15(24)26/h4-5H,6-7H2,1-3H3. The molecule has 0 bridgehead atoms. The van der Waals surface area contributed by atoms with Crippen LogP contribution in [0.3, 0.4) is 0 Å². The summed E-state index contributed by atoms with van der Waals surface area (Å²) in [4.78, 5) is 25.0. The summed E-state index contributed by atoms with van der Waals surface area (Å²) < 4.78 is 65.8. The zero-order valence-electron chi connectivity index (χ0n) is 15.0. The van der Waals surface area contributed by atoms with Crippen LogP contribution in [-0.4, -0.2) is 28.5 Å². The van der Waals surface area contributed by atoms with Crippen LogP contribution in [0.4, 0.5) is 17.6 Å². The molecule has 0 N–H and O–H groups in total. The van der Waals surface area contributed by atoms with Gasteiger partial charge in [-0.25, -0.2) is 13.8 Å². The number of benzene rings is 1. The van der Waals surface area contributed by atoms with Crippen molar-refractivity contribution in [2.45, 2.75) is 25.1 Å². The summed E-state index contributed by atoms with van der Waals surface area (Å²) in [6.45, 7) is 1.83. The van der Waals surface area contributed by atoms with Crippen molar-refractivity contribution < 1.29 is 27.0 Å². The summed E-state index contributed by atoms with van der Waals surface area (Å²) in [6, 6.07) is 1.26. The van der Waals surface area contributed by atoms with Gasteiger partial charge in [0, 0.05) is 32.2 Å². The topological polar surface area (TPSA) is 62.5 Å². The molecule has 0 amide bonds. The van der Waals surface area contributed by atoms with Gasteiger partial charge < -0.3 is 9.47 Å². The normalized spacial score (nSPS) is 18.9. The number of hydrogen-bond donors (Lipinski definition) is 0. The third kappa shape index (κ3) is 3.26. The first-order chi connectivity index (χ1) is 12.9. The molecule has 6 nitrogen and oxygen atoms in total. The summed E-state index contributed by atoms with van der Waals surface area (Å²) in [5, 5.41) is 0. The molecule has 152 valence electrons. The van der Waals surface area contributed by atoms with Gasteiger partial charge in [0.25, 0.3) is 5.56 Å². The van der Waals surface area contributed by atoms with E-state index in [-0.39, 0.29) is 39.4 Å². The number of ether oxygens (including phenoxy) is 2. The molecule has 1 aliphatic rings. The SMILES string of the molecule is COCC1(C)Cc2c(c(Br)cc(F)c2-n2c(=O)cc(C(F)(F)F)n(C)c2=O)O1. The predicted octanol–water partition coefficient (Wildman–Crippen LogP) is 2.80. The van der Waals surface area contributed by atoms with Crippen LogP contribution in [0.1, 0.15) is 18.2 Å². The van der Waals surface area contributed by atoms with Crippen LogP contribution in [0, 0.1) is 5.82 Å². The molecule has 0 aliphatic carbocycles. The van der Waals surface area contributed by atoms with Crippen molar-refractivity contribution in [1.82, 2.24) is 9.13 Å². The third-order valence-corrected chi connectivity index (χ3v) is 5.03. The summed E-state index contributed by atoms with van der Waals surface area (Å²) in [5.41, 5.74) is -5.18. The number of hydrogen-bond acceptors (Lipinski definition) is 4. The minimum atomic E-state index is -4.91. The molecular formula is C17H15BrF4N2O4. The maximum absolute atomic E-state index is 14.8. The zero-order chi connectivity index (χ0) is 21.0. The molecule has 1 aliphatic heterocycles. The largest absolute Gasteiger partial charge is 0.483 e.